The van der Waals surface area contributed by atoms with Crippen molar-refractivity contribution in [2.24, 2.45) is 0 Å². The molecule has 5 nitrogen and oxygen atoms in total. The summed E-state index contributed by atoms with van der Waals surface area (Å²) >= 11 is 3.40. The van der Waals surface area contributed by atoms with Crippen molar-refractivity contribution in [3.63, 3.8) is 0 Å². The fourth-order valence-electron chi connectivity index (χ4n) is 3.85. The minimum absolute atomic E-state index is 0.0912. The van der Waals surface area contributed by atoms with E-state index in [1.807, 2.05) is 52.0 Å². The molecule has 0 heterocycles. The Morgan fingerprint density at radius 3 is 2.12 bits per heavy atom. The van der Waals surface area contributed by atoms with Gasteiger partial charge in [0.2, 0.25) is 15.9 Å². The van der Waals surface area contributed by atoms with E-state index in [9.17, 15) is 13.2 Å². The Labute approximate surface area is 211 Å². The maximum absolute atomic E-state index is 13.5. The maximum Gasteiger partial charge on any atom is 0.243 e. The van der Waals surface area contributed by atoms with Gasteiger partial charge in [0, 0.05) is 11.0 Å². The monoisotopic (exact) mass is 542 g/mol. The first-order chi connectivity index (χ1) is 16.0. The van der Waals surface area contributed by atoms with Gasteiger partial charge in [0.05, 0.1) is 17.5 Å². The molecule has 1 unspecified atom stereocenters. The Morgan fingerprint density at radius 1 is 0.912 bits per heavy atom. The minimum Gasteiger partial charge on any atom is -0.348 e. The summed E-state index contributed by atoms with van der Waals surface area (Å²) in [5, 5.41) is 2.99. The van der Waals surface area contributed by atoms with Crippen LogP contribution in [0.15, 0.2) is 70.0 Å². The molecule has 1 amide bonds. The number of aryl methyl sites for hydroxylation is 4. The Bertz CT molecular complexity index is 1270. The van der Waals surface area contributed by atoms with Gasteiger partial charge in [-0.3, -0.25) is 4.79 Å². The van der Waals surface area contributed by atoms with Crippen LogP contribution in [0.5, 0.6) is 0 Å². The normalized spacial score (nSPS) is 12.6. The summed E-state index contributed by atoms with van der Waals surface area (Å²) in [6, 6.07) is 18.0. The summed E-state index contributed by atoms with van der Waals surface area (Å²) in [7, 11) is -3.88. The molecule has 3 rings (SSSR count). The first kappa shape index (κ1) is 26.1. The molecule has 3 aromatic rings. The van der Waals surface area contributed by atoms with Gasteiger partial charge in [0.15, 0.2) is 0 Å². The highest BCUT2D eigenvalue weighted by molar-refractivity contribution is 9.10. The van der Waals surface area contributed by atoms with Gasteiger partial charge in [-0.25, -0.2) is 8.42 Å². The zero-order valence-corrected chi connectivity index (χ0v) is 22.6. The van der Waals surface area contributed by atoms with Crippen LogP contribution in [-0.4, -0.2) is 25.2 Å². The lowest BCUT2D eigenvalue weighted by Crippen LogP contribution is -2.41. The summed E-state index contributed by atoms with van der Waals surface area (Å²) in [6.07, 6.45) is 0. The number of rotatable bonds is 8. The zero-order chi connectivity index (χ0) is 25.0. The number of nitrogens with zero attached hydrogens (tertiary/aromatic N) is 1. The Balaban J connectivity index is 1.85. The number of benzene rings is 3. The molecule has 0 aliphatic carbocycles. The van der Waals surface area contributed by atoms with E-state index < -0.39 is 10.0 Å². The highest BCUT2D eigenvalue weighted by Gasteiger charge is 2.27. The van der Waals surface area contributed by atoms with E-state index in [0.29, 0.717) is 0 Å². The summed E-state index contributed by atoms with van der Waals surface area (Å²) in [5.74, 6) is -0.349. The van der Waals surface area contributed by atoms with Crippen molar-refractivity contribution >= 4 is 31.9 Å². The standard InChI is InChI=1S/C27H31BrN2O3S/c1-18-6-12-25(13-7-18)34(32,33)30(16-23-8-10-24(28)11-9-23)17-27(31)29-22(5)26-15-20(3)19(2)14-21(26)4/h6-15,22H,16-17H2,1-5H3,(H,29,31). The first-order valence-corrected chi connectivity index (χ1v) is 13.4. The average molecular weight is 544 g/mol. The van der Waals surface area contributed by atoms with Gasteiger partial charge in [0.1, 0.15) is 0 Å². The van der Waals surface area contributed by atoms with E-state index in [0.717, 1.165) is 32.3 Å². The third-order valence-corrected chi connectivity index (χ3v) is 8.31. The lowest BCUT2D eigenvalue weighted by molar-refractivity contribution is -0.122. The van der Waals surface area contributed by atoms with Gasteiger partial charge in [-0.1, -0.05) is 57.9 Å². The lowest BCUT2D eigenvalue weighted by atomic mass is 9.96. The van der Waals surface area contributed by atoms with Crippen molar-refractivity contribution in [1.82, 2.24) is 9.62 Å². The van der Waals surface area contributed by atoms with Crippen molar-refractivity contribution in [1.29, 1.82) is 0 Å². The highest BCUT2D eigenvalue weighted by atomic mass is 79.9. The molecule has 0 radical (unpaired) electrons. The van der Waals surface area contributed by atoms with E-state index in [-0.39, 0.29) is 29.9 Å². The van der Waals surface area contributed by atoms with Gasteiger partial charge in [-0.05, 0) is 86.7 Å². The number of halogens is 1. The van der Waals surface area contributed by atoms with Crippen LogP contribution in [0, 0.1) is 27.7 Å². The molecule has 0 aliphatic rings. The second-order valence-electron chi connectivity index (χ2n) is 8.79. The number of nitrogens with one attached hydrogen (secondary N) is 1. The zero-order valence-electron chi connectivity index (χ0n) is 20.2. The number of hydrogen-bond donors (Lipinski definition) is 1. The molecule has 0 aromatic heterocycles. The maximum atomic E-state index is 13.5. The Kier molecular flexibility index (Phi) is 8.34. The van der Waals surface area contributed by atoms with Crippen LogP contribution < -0.4 is 5.32 Å². The average Bonchev–Trinajstić information content (AvgIpc) is 2.77. The van der Waals surface area contributed by atoms with E-state index in [2.05, 4.69) is 40.3 Å². The molecule has 1 atom stereocenters. The number of hydrogen-bond acceptors (Lipinski definition) is 3. The summed E-state index contributed by atoms with van der Waals surface area (Å²) in [4.78, 5) is 13.2. The van der Waals surface area contributed by atoms with Gasteiger partial charge >= 0.3 is 0 Å². The molecule has 3 aromatic carbocycles. The van der Waals surface area contributed by atoms with Crippen LogP contribution in [-0.2, 0) is 21.4 Å². The topological polar surface area (TPSA) is 66.5 Å². The van der Waals surface area contributed by atoms with Crippen molar-refractivity contribution in [3.8, 4) is 0 Å². The van der Waals surface area contributed by atoms with Crippen LogP contribution in [0.2, 0.25) is 0 Å². The SMILES string of the molecule is Cc1ccc(S(=O)(=O)N(CC(=O)NC(C)c2cc(C)c(C)cc2C)Cc2ccc(Br)cc2)cc1. The largest absolute Gasteiger partial charge is 0.348 e. The van der Waals surface area contributed by atoms with Crippen molar-refractivity contribution in [2.75, 3.05) is 6.54 Å². The molecule has 0 saturated carbocycles. The minimum atomic E-state index is -3.88. The number of amides is 1. The fourth-order valence-corrected chi connectivity index (χ4v) is 5.50. The van der Waals surface area contributed by atoms with E-state index >= 15 is 0 Å². The molecule has 0 spiro atoms. The van der Waals surface area contributed by atoms with Crippen molar-refractivity contribution in [3.05, 3.63) is 98.5 Å². The molecule has 1 N–H and O–H groups in total. The summed E-state index contributed by atoms with van der Waals surface area (Å²) < 4.78 is 29.1. The second kappa shape index (κ2) is 10.8. The van der Waals surface area contributed by atoms with Crippen LogP contribution >= 0.6 is 15.9 Å². The smallest absolute Gasteiger partial charge is 0.243 e. The molecule has 0 saturated heterocycles. The summed E-state index contributed by atoms with van der Waals surface area (Å²) in [6.45, 7) is 9.76. The Hall–Kier alpha value is -2.48. The quantitative estimate of drug-likeness (QED) is 0.394. The fraction of sp³-hybridized carbons (Fsp3) is 0.296. The highest BCUT2D eigenvalue weighted by Crippen LogP contribution is 2.23. The lowest BCUT2D eigenvalue weighted by Gasteiger charge is -2.24. The van der Waals surface area contributed by atoms with Crippen LogP contribution in [0.4, 0.5) is 0 Å². The van der Waals surface area contributed by atoms with Gasteiger partial charge < -0.3 is 5.32 Å². The Morgan fingerprint density at radius 2 is 1.50 bits per heavy atom. The first-order valence-electron chi connectivity index (χ1n) is 11.2. The molecule has 0 aliphatic heterocycles. The van der Waals surface area contributed by atoms with Crippen LogP contribution in [0.25, 0.3) is 0 Å². The molecule has 0 bridgehead atoms. The van der Waals surface area contributed by atoms with E-state index in [1.54, 1.807) is 24.3 Å². The van der Waals surface area contributed by atoms with Crippen LogP contribution in [0.3, 0.4) is 0 Å². The van der Waals surface area contributed by atoms with Crippen LogP contribution in [0.1, 0.15) is 46.3 Å². The summed E-state index contributed by atoms with van der Waals surface area (Å²) in [5.41, 5.74) is 6.23. The van der Waals surface area contributed by atoms with Gasteiger partial charge in [-0.2, -0.15) is 4.31 Å². The van der Waals surface area contributed by atoms with E-state index in [4.69, 9.17) is 0 Å². The molecular weight excluding hydrogens is 512 g/mol. The third kappa shape index (κ3) is 6.34. The number of carbonyl (C=O) groups excluding carboxylic acids is 1. The molecule has 34 heavy (non-hydrogen) atoms. The van der Waals surface area contributed by atoms with E-state index in [1.165, 1.54) is 9.87 Å². The number of sulfonamides is 1. The van der Waals surface area contributed by atoms with Gasteiger partial charge in [0.25, 0.3) is 0 Å². The number of carbonyl (C=O) groups is 1. The molecule has 0 fully saturated rings. The van der Waals surface area contributed by atoms with Crippen molar-refractivity contribution < 1.29 is 13.2 Å². The molecule has 180 valence electrons. The molecular formula is C27H31BrN2O3S. The second-order valence-corrected chi connectivity index (χ2v) is 11.6. The third-order valence-electron chi connectivity index (χ3n) is 5.98. The van der Waals surface area contributed by atoms with Gasteiger partial charge in [-0.15, -0.1) is 0 Å². The van der Waals surface area contributed by atoms with Crippen molar-refractivity contribution in [2.45, 2.75) is 52.1 Å². The predicted molar refractivity (Wildman–Crippen MR) is 140 cm³/mol. The predicted octanol–water partition coefficient (Wildman–Crippen LogP) is 5.75. The molecule has 7 heteroatoms.